The highest BCUT2D eigenvalue weighted by Crippen LogP contribution is 2.17. The van der Waals surface area contributed by atoms with E-state index >= 15 is 0 Å². The van der Waals surface area contributed by atoms with Crippen LogP contribution in [-0.4, -0.2) is 15.9 Å². The van der Waals surface area contributed by atoms with E-state index < -0.39 is 0 Å². The average Bonchev–Trinajstić information content (AvgIpc) is 2.78. The van der Waals surface area contributed by atoms with Crippen LogP contribution in [0.15, 0.2) is 40.9 Å². The zero-order valence-electron chi connectivity index (χ0n) is 11.9. The van der Waals surface area contributed by atoms with Gasteiger partial charge in [0, 0.05) is 24.5 Å². The Morgan fingerprint density at radius 3 is 2.90 bits per heavy atom. The van der Waals surface area contributed by atoms with Gasteiger partial charge < -0.3 is 9.73 Å². The fourth-order valence-electron chi connectivity index (χ4n) is 2.21. The van der Waals surface area contributed by atoms with Crippen molar-refractivity contribution in [3.8, 4) is 0 Å². The van der Waals surface area contributed by atoms with E-state index in [1.807, 2.05) is 31.2 Å². The highest BCUT2D eigenvalue weighted by molar-refractivity contribution is 5.92. The van der Waals surface area contributed by atoms with E-state index in [0.29, 0.717) is 12.3 Å². The number of anilines is 1. The second-order valence-electron chi connectivity index (χ2n) is 4.95. The lowest BCUT2D eigenvalue weighted by atomic mass is 10.1. The summed E-state index contributed by atoms with van der Waals surface area (Å²) in [6.45, 7) is 3.69. The van der Waals surface area contributed by atoms with Crippen molar-refractivity contribution in [1.29, 1.82) is 0 Å². The number of amides is 1. The van der Waals surface area contributed by atoms with Gasteiger partial charge in [-0.3, -0.25) is 9.78 Å². The molecule has 0 unspecified atom stereocenters. The number of aryl methyl sites for hydroxylation is 2. The number of benzene rings is 1. The Morgan fingerprint density at radius 1 is 1.24 bits per heavy atom. The van der Waals surface area contributed by atoms with Gasteiger partial charge in [0.2, 0.25) is 5.91 Å². The van der Waals surface area contributed by atoms with Gasteiger partial charge >= 0.3 is 0 Å². The average molecular weight is 281 g/mol. The molecule has 0 atom stereocenters. The summed E-state index contributed by atoms with van der Waals surface area (Å²) in [7, 11) is 0. The second kappa shape index (κ2) is 5.36. The summed E-state index contributed by atoms with van der Waals surface area (Å²) < 4.78 is 5.42. The molecule has 2 heterocycles. The maximum Gasteiger partial charge on any atom is 0.228 e. The lowest BCUT2D eigenvalue weighted by Gasteiger charge is -2.05. The summed E-state index contributed by atoms with van der Waals surface area (Å²) in [5, 5.41) is 2.86. The highest BCUT2D eigenvalue weighted by atomic mass is 16.3. The van der Waals surface area contributed by atoms with E-state index in [-0.39, 0.29) is 5.91 Å². The Balaban J connectivity index is 1.73. The Labute approximate surface area is 122 Å². The first-order valence-electron chi connectivity index (χ1n) is 6.69. The van der Waals surface area contributed by atoms with Crippen LogP contribution in [0.25, 0.3) is 11.1 Å². The van der Waals surface area contributed by atoms with Crippen LogP contribution in [-0.2, 0) is 11.2 Å². The fourth-order valence-corrected chi connectivity index (χ4v) is 2.21. The number of carbonyl (C=O) groups excluding carboxylic acids is 1. The third-order valence-corrected chi connectivity index (χ3v) is 3.10. The first kappa shape index (κ1) is 13.3. The minimum absolute atomic E-state index is 0.0693. The molecule has 3 rings (SSSR count). The number of nitrogens with zero attached hydrogens (tertiary/aromatic N) is 2. The molecule has 0 aliphatic rings. The molecule has 5 heteroatoms. The molecule has 0 fully saturated rings. The lowest BCUT2D eigenvalue weighted by Crippen LogP contribution is -2.14. The summed E-state index contributed by atoms with van der Waals surface area (Å²) in [6.07, 6.45) is 1.97. The summed E-state index contributed by atoms with van der Waals surface area (Å²) in [6, 6.07) is 9.21. The molecule has 0 radical (unpaired) electrons. The topological polar surface area (TPSA) is 68.0 Å². The van der Waals surface area contributed by atoms with Gasteiger partial charge in [0.15, 0.2) is 11.5 Å². The number of fused-ring (bicyclic) bond motifs is 1. The molecule has 0 saturated carbocycles. The van der Waals surface area contributed by atoms with Crippen LogP contribution >= 0.6 is 0 Å². The van der Waals surface area contributed by atoms with E-state index in [2.05, 4.69) is 15.3 Å². The second-order valence-corrected chi connectivity index (χ2v) is 4.95. The molecule has 106 valence electrons. The van der Waals surface area contributed by atoms with Crippen LogP contribution in [0.4, 0.5) is 5.69 Å². The molecule has 0 spiro atoms. The number of hydrogen-bond acceptors (Lipinski definition) is 4. The number of pyridine rings is 1. The van der Waals surface area contributed by atoms with Crippen LogP contribution in [0.3, 0.4) is 0 Å². The van der Waals surface area contributed by atoms with Gasteiger partial charge in [-0.2, -0.15) is 0 Å². The molecule has 1 N–H and O–H groups in total. The number of oxazole rings is 1. The van der Waals surface area contributed by atoms with Crippen LogP contribution in [0, 0.1) is 13.8 Å². The van der Waals surface area contributed by atoms with E-state index in [1.165, 1.54) is 0 Å². The van der Waals surface area contributed by atoms with E-state index in [9.17, 15) is 4.79 Å². The van der Waals surface area contributed by atoms with Crippen LogP contribution in [0.5, 0.6) is 0 Å². The summed E-state index contributed by atoms with van der Waals surface area (Å²) in [5.41, 5.74) is 4.04. The largest absolute Gasteiger partial charge is 0.441 e. The summed E-state index contributed by atoms with van der Waals surface area (Å²) >= 11 is 0. The molecule has 21 heavy (non-hydrogen) atoms. The lowest BCUT2D eigenvalue weighted by molar-refractivity contribution is -0.115. The Hall–Kier alpha value is -2.69. The molecule has 5 nitrogen and oxygen atoms in total. The van der Waals surface area contributed by atoms with Gasteiger partial charge in [0.25, 0.3) is 0 Å². The van der Waals surface area contributed by atoms with Crippen LogP contribution in [0.1, 0.15) is 17.1 Å². The molecular weight excluding hydrogens is 266 g/mol. The van der Waals surface area contributed by atoms with Crippen molar-refractivity contribution in [2.45, 2.75) is 20.3 Å². The minimum Gasteiger partial charge on any atom is -0.441 e. The van der Waals surface area contributed by atoms with Gasteiger partial charge in [-0.25, -0.2) is 4.98 Å². The quantitative estimate of drug-likeness (QED) is 0.801. The van der Waals surface area contributed by atoms with Crippen molar-refractivity contribution in [2.24, 2.45) is 0 Å². The predicted octanol–water partition coefficient (Wildman–Crippen LogP) is 3.02. The Kier molecular flexibility index (Phi) is 3.39. The standard InChI is InChI=1S/C16H15N3O2/c1-10-7-13(5-6-17-10)19-16(20)9-12-3-4-15-14(8-12)18-11(2)21-15/h3-8H,9H2,1-2H3,(H,17,19,20). The summed E-state index contributed by atoms with van der Waals surface area (Å²) in [5.74, 6) is 0.555. The molecule has 2 aromatic heterocycles. The predicted molar refractivity (Wildman–Crippen MR) is 80.1 cm³/mol. The summed E-state index contributed by atoms with van der Waals surface area (Å²) in [4.78, 5) is 20.4. The number of carbonyl (C=O) groups is 1. The fraction of sp³-hybridized carbons (Fsp3) is 0.188. The first-order valence-corrected chi connectivity index (χ1v) is 6.69. The molecule has 1 amide bonds. The number of nitrogens with one attached hydrogen (secondary N) is 1. The number of hydrogen-bond donors (Lipinski definition) is 1. The molecule has 0 bridgehead atoms. The molecular formula is C16H15N3O2. The minimum atomic E-state index is -0.0693. The van der Waals surface area contributed by atoms with Gasteiger partial charge in [-0.05, 0) is 36.8 Å². The molecule has 0 saturated heterocycles. The van der Waals surface area contributed by atoms with Crippen molar-refractivity contribution >= 4 is 22.7 Å². The maximum atomic E-state index is 12.1. The monoisotopic (exact) mass is 281 g/mol. The van der Waals surface area contributed by atoms with Crippen LogP contribution < -0.4 is 5.32 Å². The molecule has 1 aromatic carbocycles. The maximum absolute atomic E-state index is 12.1. The van der Waals surface area contributed by atoms with Crippen LogP contribution in [0.2, 0.25) is 0 Å². The van der Waals surface area contributed by atoms with Crippen molar-refractivity contribution in [1.82, 2.24) is 9.97 Å². The smallest absolute Gasteiger partial charge is 0.228 e. The van der Waals surface area contributed by atoms with Crippen molar-refractivity contribution in [2.75, 3.05) is 5.32 Å². The van der Waals surface area contributed by atoms with Crippen molar-refractivity contribution in [3.63, 3.8) is 0 Å². The highest BCUT2D eigenvalue weighted by Gasteiger charge is 2.08. The third-order valence-electron chi connectivity index (χ3n) is 3.10. The normalized spacial score (nSPS) is 10.8. The van der Waals surface area contributed by atoms with Crippen molar-refractivity contribution < 1.29 is 9.21 Å². The van der Waals surface area contributed by atoms with Gasteiger partial charge in [-0.15, -0.1) is 0 Å². The van der Waals surface area contributed by atoms with Gasteiger partial charge in [-0.1, -0.05) is 6.07 Å². The van der Waals surface area contributed by atoms with Crippen molar-refractivity contribution in [3.05, 3.63) is 53.7 Å². The number of rotatable bonds is 3. The zero-order chi connectivity index (χ0) is 14.8. The Morgan fingerprint density at radius 2 is 2.10 bits per heavy atom. The third kappa shape index (κ3) is 3.08. The van der Waals surface area contributed by atoms with Gasteiger partial charge in [0.1, 0.15) is 5.52 Å². The molecule has 3 aromatic rings. The molecule has 0 aliphatic carbocycles. The van der Waals surface area contributed by atoms with Gasteiger partial charge in [0.05, 0.1) is 6.42 Å². The Bertz CT molecular complexity index is 808. The SMILES string of the molecule is Cc1cc(NC(=O)Cc2ccc3oc(C)nc3c2)ccn1. The van der Waals surface area contributed by atoms with E-state index in [1.54, 1.807) is 19.2 Å². The zero-order valence-corrected chi connectivity index (χ0v) is 11.9. The molecule has 0 aliphatic heterocycles. The van der Waals surface area contributed by atoms with E-state index in [4.69, 9.17) is 4.42 Å². The first-order chi connectivity index (χ1) is 10.1. The number of aromatic nitrogens is 2. The van der Waals surface area contributed by atoms with E-state index in [0.717, 1.165) is 28.0 Å².